The molecular formula is C35H40ClN5O3S. The molecular weight excluding hydrogens is 606 g/mol. The number of fused-ring (bicyclic) bond motifs is 2. The molecule has 1 aliphatic rings. The fourth-order valence-electron chi connectivity index (χ4n) is 6.17. The highest BCUT2D eigenvalue weighted by atomic mass is 35.5. The molecule has 45 heavy (non-hydrogen) atoms. The van der Waals surface area contributed by atoms with E-state index in [1.165, 1.54) is 0 Å². The Morgan fingerprint density at radius 1 is 1.16 bits per heavy atom. The van der Waals surface area contributed by atoms with Crippen LogP contribution in [0.1, 0.15) is 51.3 Å². The summed E-state index contributed by atoms with van der Waals surface area (Å²) in [7, 11) is 4.02. The molecule has 1 N–H and O–H groups in total. The van der Waals surface area contributed by atoms with E-state index in [0.29, 0.717) is 11.1 Å². The molecule has 1 fully saturated rings. The summed E-state index contributed by atoms with van der Waals surface area (Å²) in [4.78, 5) is 21.0. The largest absolute Gasteiger partial charge is 0.464 e. The summed E-state index contributed by atoms with van der Waals surface area (Å²) in [6.45, 7) is 11.8. The molecule has 0 amide bonds. The second-order valence-electron chi connectivity index (χ2n) is 12.6. The predicted molar refractivity (Wildman–Crippen MR) is 184 cm³/mol. The van der Waals surface area contributed by atoms with Gasteiger partial charge in [-0.1, -0.05) is 23.7 Å². The average molecular weight is 646 g/mol. The zero-order valence-corrected chi connectivity index (χ0v) is 28.5. The highest BCUT2D eigenvalue weighted by Crippen LogP contribution is 2.45. The third-order valence-corrected chi connectivity index (χ3v) is 9.66. The van der Waals surface area contributed by atoms with Crippen LogP contribution in [0.3, 0.4) is 0 Å². The minimum atomic E-state index is -0.915. The molecule has 3 aromatic carbocycles. The summed E-state index contributed by atoms with van der Waals surface area (Å²) in [5.74, 6) is 0.594. The van der Waals surface area contributed by atoms with Crippen molar-refractivity contribution in [2.75, 3.05) is 31.6 Å². The fourth-order valence-corrected chi connectivity index (χ4v) is 7.42. The van der Waals surface area contributed by atoms with Crippen LogP contribution in [0.25, 0.3) is 42.8 Å². The molecule has 0 aliphatic carbocycles. The van der Waals surface area contributed by atoms with Crippen molar-refractivity contribution in [3.05, 3.63) is 64.7 Å². The van der Waals surface area contributed by atoms with Crippen molar-refractivity contribution in [1.29, 1.82) is 0 Å². The molecule has 0 spiro atoms. The third kappa shape index (κ3) is 6.19. The summed E-state index contributed by atoms with van der Waals surface area (Å²) >= 11 is 7.93. The number of nitrogens with zero attached hydrogens (tertiary/aromatic N) is 4. The zero-order valence-electron chi connectivity index (χ0n) is 26.9. The van der Waals surface area contributed by atoms with Crippen molar-refractivity contribution in [3.63, 3.8) is 0 Å². The number of nitrogens with one attached hydrogen (secondary N) is 1. The lowest BCUT2D eigenvalue weighted by Gasteiger charge is -2.29. The lowest BCUT2D eigenvalue weighted by molar-refractivity contribution is -0.166. The molecule has 236 valence electrons. The van der Waals surface area contributed by atoms with E-state index in [-0.39, 0.29) is 6.61 Å². The fraction of sp³-hybridized carbons (Fsp3) is 0.400. The van der Waals surface area contributed by atoms with Gasteiger partial charge in [-0.25, -0.2) is 9.78 Å². The number of rotatable bonds is 8. The Morgan fingerprint density at radius 2 is 1.89 bits per heavy atom. The first-order valence-electron chi connectivity index (χ1n) is 15.4. The van der Waals surface area contributed by atoms with Crippen molar-refractivity contribution in [3.8, 4) is 21.7 Å². The maximum Gasteiger partial charge on any atom is 0.339 e. The third-order valence-electron chi connectivity index (χ3n) is 8.27. The number of carbonyl (C=O) groups excluding carboxylic acids is 1. The van der Waals surface area contributed by atoms with Gasteiger partial charge in [0.25, 0.3) is 0 Å². The number of hydrogen-bond acceptors (Lipinski definition) is 8. The Balaban J connectivity index is 1.54. The van der Waals surface area contributed by atoms with Gasteiger partial charge in [0.2, 0.25) is 0 Å². The number of halogens is 1. The van der Waals surface area contributed by atoms with Gasteiger partial charge in [0.05, 0.1) is 27.9 Å². The first kappa shape index (κ1) is 31.5. The van der Waals surface area contributed by atoms with Crippen LogP contribution in [-0.4, -0.2) is 59.1 Å². The molecule has 10 heteroatoms. The molecule has 5 aromatic rings. The number of benzene rings is 3. The Kier molecular flexibility index (Phi) is 8.65. The second-order valence-corrected chi connectivity index (χ2v) is 14.1. The maximum atomic E-state index is 13.5. The molecule has 6 rings (SSSR count). The van der Waals surface area contributed by atoms with Crippen LogP contribution in [0.2, 0.25) is 5.02 Å². The molecule has 0 bridgehead atoms. The SMILES string of the molecule is CCOC(=O)[C@@H](OC(C)(C)C)c1c(C)cc2nc(-c3ccc4c(c3)c(N3CC[C@H](NC)C3)nn4C)sc2c1-c1ccc(Cl)cc1. The van der Waals surface area contributed by atoms with Gasteiger partial charge in [0.15, 0.2) is 11.9 Å². The molecule has 2 atom stereocenters. The van der Waals surface area contributed by atoms with E-state index in [1.807, 2.05) is 77.7 Å². The van der Waals surface area contributed by atoms with Gasteiger partial charge in [-0.15, -0.1) is 11.3 Å². The first-order valence-corrected chi connectivity index (χ1v) is 16.6. The lowest BCUT2D eigenvalue weighted by Crippen LogP contribution is -2.29. The zero-order chi connectivity index (χ0) is 32.0. The molecule has 0 radical (unpaired) electrons. The average Bonchev–Trinajstić information content (AvgIpc) is 3.72. The van der Waals surface area contributed by atoms with Crippen LogP contribution in [0.4, 0.5) is 5.82 Å². The normalized spacial score (nSPS) is 16.2. The summed E-state index contributed by atoms with van der Waals surface area (Å²) < 4.78 is 14.9. The lowest BCUT2D eigenvalue weighted by atomic mass is 9.91. The number of esters is 1. The van der Waals surface area contributed by atoms with Crippen LogP contribution in [0, 0.1) is 6.92 Å². The number of likely N-dealkylation sites (N-methyl/N-ethyl adjacent to an activating group) is 1. The van der Waals surface area contributed by atoms with Crippen LogP contribution < -0.4 is 10.2 Å². The second kappa shape index (κ2) is 12.4. The molecule has 0 saturated carbocycles. The Labute approximate surface area is 273 Å². The van der Waals surface area contributed by atoms with E-state index in [0.717, 1.165) is 79.3 Å². The number of anilines is 1. The minimum Gasteiger partial charge on any atom is -0.464 e. The Morgan fingerprint density at radius 3 is 2.56 bits per heavy atom. The van der Waals surface area contributed by atoms with Crippen molar-refractivity contribution >= 4 is 55.8 Å². The van der Waals surface area contributed by atoms with E-state index >= 15 is 0 Å². The highest BCUT2D eigenvalue weighted by Gasteiger charge is 2.34. The van der Waals surface area contributed by atoms with Crippen LogP contribution in [0.15, 0.2) is 48.5 Å². The maximum absolute atomic E-state index is 13.5. The molecule has 1 aliphatic heterocycles. The topological polar surface area (TPSA) is 81.5 Å². The number of ether oxygens (including phenoxy) is 2. The minimum absolute atomic E-state index is 0.261. The monoisotopic (exact) mass is 645 g/mol. The summed E-state index contributed by atoms with van der Waals surface area (Å²) in [5, 5.41) is 11.0. The van der Waals surface area contributed by atoms with Gasteiger partial charge in [-0.05, 0) is 95.6 Å². The first-order chi connectivity index (χ1) is 21.5. The number of aryl methyl sites for hydroxylation is 2. The van der Waals surface area contributed by atoms with E-state index < -0.39 is 17.7 Å². The van der Waals surface area contributed by atoms with E-state index in [1.54, 1.807) is 11.3 Å². The van der Waals surface area contributed by atoms with Gasteiger partial charge in [-0.2, -0.15) is 5.10 Å². The van der Waals surface area contributed by atoms with Crippen LogP contribution >= 0.6 is 22.9 Å². The van der Waals surface area contributed by atoms with Gasteiger partial charge in [-0.3, -0.25) is 4.68 Å². The Hall–Kier alpha value is -3.50. The quantitative estimate of drug-likeness (QED) is 0.173. The summed E-state index contributed by atoms with van der Waals surface area (Å²) in [5.41, 5.74) is 5.91. The van der Waals surface area contributed by atoms with Gasteiger partial charge >= 0.3 is 5.97 Å². The number of hydrogen-bond donors (Lipinski definition) is 1. The number of aromatic nitrogens is 3. The number of carbonyl (C=O) groups is 1. The van der Waals surface area contributed by atoms with Crippen molar-refractivity contribution in [2.45, 2.75) is 58.8 Å². The Bertz CT molecular complexity index is 1870. The van der Waals surface area contributed by atoms with Crippen LogP contribution in [-0.2, 0) is 21.3 Å². The summed E-state index contributed by atoms with van der Waals surface area (Å²) in [6, 6.07) is 16.7. The molecule has 3 heterocycles. The van der Waals surface area contributed by atoms with E-state index in [4.69, 9.17) is 31.2 Å². The van der Waals surface area contributed by atoms with Gasteiger partial charge in [0.1, 0.15) is 5.01 Å². The van der Waals surface area contributed by atoms with Crippen molar-refractivity contribution in [1.82, 2.24) is 20.1 Å². The van der Waals surface area contributed by atoms with E-state index in [2.05, 4.69) is 34.5 Å². The molecule has 8 nitrogen and oxygen atoms in total. The molecule has 2 aromatic heterocycles. The van der Waals surface area contributed by atoms with Gasteiger partial charge < -0.3 is 19.7 Å². The van der Waals surface area contributed by atoms with Gasteiger partial charge in [0, 0.05) is 53.3 Å². The van der Waals surface area contributed by atoms with Crippen molar-refractivity contribution < 1.29 is 14.3 Å². The van der Waals surface area contributed by atoms with Crippen LogP contribution in [0.5, 0.6) is 0 Å². The number of thiazole rings is 1. The summed E-state index contributed by atoms with van der Waals surface area (Å²) in [6.07, 6.45) is 0.175. The molecule has 0 unspecified atom stereocenters. The predicted octanol–water partition coefficient (Wildman–Crippen LogP) is 7.70. The molecule has 1 saturated heterocycles. The smallest absolute Gasteiger partial charge is 0.339 e. The standard InChI is InChI=1S/C35H40ClN5O3S/c1-8-43-34(42)30(44-35(3,4)5)28-20(2)17-26-31(29(28)21-9-12-23(36)13-10-21)45-33(38-26)22-11-14-27-25(18-22)32(39-40(27)7)41-16-15-24(19-41)37-6/h9-14,17-18,24,30,37H,8,15-16,19H2,1-7H3/t24-,30-/m0/s1. The van der Waals surface area contributed by atoms with E-state index in [9.17, 15) is 4.79 Å². The van der Waals surface area contributed by atoms with Crippen molar-refractivity contribution in [2.24, 2.45) is 7.05 Å². The highest BCUT2D eigenvalue weighted by molar-refractivity contribution is 7.22.